The number of thioether (sulfide) groups is 1. The summed E-state index contributed by atoms with van der Waals surface area (Å²) in [6.07, 6.45) is 1.95. The minimum atomic E-state index is -0.339. The Balaban J connectivity index is 1.54. The Hall–Kier alpha value is -1.11. The molecule has 1 aromatic rings. The van der Waals surface area contributed by atoms with Crippen molar-refractivity contribution in [1.29, 1.82) is 0 Å². The molecular weight excluding hydrogens is 274 g/mol. The zero-order valence-corrected chi connectivity index (χ0v) is 12.2. The molecule has 2 rings (SSSR count). The van der Waals surface area contributed by atoms with Gasteiger partial charge in [0, 0.05) is 49.7 Å². The number of rotatable bonds is 7. The van der Waals surface area contributed by atoms with E-state index in [4.69, 9.17) is 0 Å². The number of aliphatic hydroxyl groups is 1. The molecule has 5 nitrogen and oxygen atoms in total. The minimum absolute atomic E-state index is 0.0534. The highest BCUT2D eigenvalue weighted by Gasteiger charge is 2.24. The number of hydrogen-bond acceptors (Lipinski definition) is 5. The SMILES string of the molecule is O=C(CCSCc1ccccn1)NCC1CNCC1O. The van der Waals surface area contributed by atoms with Gasteiger partial charge in [-0.1, -0.05) is 6.07 Å². The lowest BCUT2D eigenvalue weighted by atomic mass is 10.1. The van der Waals surface area contributed by atoms with Crippen LogP contribution in [0.4, 0.5) is 0 Å². The molecular formula is C14H21N3O2S. The zero-order valence-electron chi connectivity index (χ0n) is 11.4. The topological polar surface area (TPSA) is 74.2 Å². The predicted molar refractivity (Wildman–Crippen MR) is 80.4 cm³/mol. The van der Waals surface area contributed by atoms with Gasteiger partial charge < -0.3 is 15.7 Å². The number of aliphatic hydroxyl groups excluding tert-OH is 1. The van der Waals surface area contributed by atoms with E-state index in [1.165, 1.54) is 0 Å². The molecule has 0 bridgehead atoms. The average molecular weight is 295 g/mol. The van der Waals surface area contributed by atoms with Crippen LogP contribution in [0.1, 0.15) is 12.1 Å². The van der Waals surface area contributed by atoms with Crippen molar-refractivity contribution >= 4 is 17.7 Å². The summed E-state index contributed by atoms with van der Waals surface area (Å²) in [4.78, 5) is 15.9. The van der Waals surface area contributed by atoms with Gasteiger partial charge in [0.1, 0.15) is 0 Å². The first-order valence-corrected chi connectivity index (χ1v) is 8.04. The molecule has 2 unspecified atom stereocenters. The molecule has 1 aliphatic rings. The molecule has 6 heteroatoms. The van der Waals surface area contributed by atoms with Crippen LogP contribution in [0.15, 0.2) is 24.4 Å². The minimum Gasteiger partial charge on any atom is -0.391 e. The highest BCUT2D eigenvalue weighted by atomic mass is 32.2. The third kappa shape index (κ3) is 5.11. The molecule has 1 saturated heterocycles. The first kappa shape index (κ1) is 15.3. The summed E-state index contributed by atoms with van der Waals surface area (Å²) in [5.74, 6) is 1.81. The average Bonchev–Trinajstić information content (AvgIpc) is 2.88. The number of carbonyl (C=O) groups is 1. The van der Waals surface area contributed by atoms with E-state index in [2.05, 4.69) is 15.6 Å². The van der Waals surface area contributed by atoms with Crippen molar-refractivity contribution in [3.05, 3.63) is 30.1 Å². The second-order valence-corrected chi connectivity index (χ2v) is 6.02. The Kier molecular flexibility index (Phi) is 6.29. The number of β-amino-alcohol motifs (C(OH)–C–C–N with tert-alkyl or cyclic N) is 1. The number of carbonyl (C=O) groups excluding carboxylic acids is 1. The molecule has 0 radical (unpaired) electrons. The predicted octanol–water partition coefficient (Wildman–Crippen LogP) is 0.401. The molecule has 1 aliphatic heterocycles. The van der Waals surface area contributed by atoms with Gasteiger partial charge in [-0.15, -0.1) is 0 Å². The van der Waals surface area contributed by atoms with E-state index in [0.717, 1.165) is 23.7 Å². The molecule has 2 heterocycles. The Labute approximate surface area is 123 Å². The smallest absolute Gasteiger partial charge is 0.220 e. The molecule has 0 aliphatic carbocycles. The van der Waals surface area contributed by atoms with E-state index in [1.807, 2.05) is 18.2 Å². The normalized spacial score (nSPS) is 21.9. The van der Waals surface area contributed by atoms with Gasteiger partial charge in [-0.05, 0) is 12.1 Å². The van der Waals surface area contributed by atoms with Crippen LogP contribution in [-0.2, 0) is 10.5 Å². The summed E-state index contributed by atoms with van der Waals surface area (Å²) in [6.45, 7) is 1.95. The summed E-state index contributed by atoms with van der Waals surface area (Å²) in [7, 11) is 0. The number of nitrogens with one attached hydrogen (secondary N) is 2. The van der Waals surface area contributed by atoms with Crippen LogP contribution >= 0.6 is 11.8 Å². The van der Waals surface area contributed by atoms with Gasteiger partial charge in [-0.2, -0.15) is 11.8 Å². The molecule has 0 saturated carbocycles. The van der Waals surface area contributed by atoms with Crippen molar-refractivity contribution in [1.82, 2.24) is 15.6 Å². The summed E-state index contributed by atoms with van der Waals surface area (Å²) in [6, 6.07) is 5.85. The third-order valence-electron chi connectivity index (χ3n) is 3.32. The largest absolute Gasteiger partial charge is 0.391 e. The van der Waals surface area contributed by atoms with Crippen molar-refractivity contribution in [2.24, 2.45) is 5.92 Å². The quantitative estimate of drug-likeness (QED) is 0.635. The molecule has 3 N–H and O–H groups in total. The van der Waals surface area contributed by atoms with Crippen LogP contribution in [0, 0.1) is 5.92 Å². The van der Waals surface area contributed by atoms with E-state index in [9.17, 15) is 9.90 Å². The second kappa shape index (κ2) is 8.24. The Morgan fingerprint density at radius 1 is 1.50 bits per heavy atom. The number of hydrogen-bond donors (Lipinski definition) is 3. The maximum absolute atomic E-state index is 11.7. The van der Waals surface area contributed by atoms with Gasteiger partial charge in [0.05, 0.1) is 11.8 Å². The maximum atomic E-state index is 11.7. The molecule has 0 spiro atoms. The zero-order chi connectivity index (χ0) is 14.2. The summed E-state index contributed by atoms with van der Waals surface area (Å²) in [5, 5.41) is 15.6. The highest BCUT2D eigenvalue weighted by Crippen LogP contribution is 2.11. The van der Waals surface area contributed by atoms with Crippen LogP contribution in [0.5, 0.6) is 0 Å². The van der Waals surface area contributed by atoms with Gasteiger partial charge in [-0.3, -0.25) is 9.78 Å². The fraction of sp³-hybridized carbons (Fsp3) is 0.571. The lowest BCUT2D eigenvalue weighted by Gasteiger charge is -2.13. The standard InChI is InChI=1S/C14H21N3O2S/c18-13-9-15-7-11(13)8-17-14(19)4-6-20-10-12-3-1-2-5-16-12/h1-3,5,11,13,15,18H,4,6-10H2,(H,17,19). The molecule has 20 heavy (non-hydrogen) atoms. The van der Waals surface area contributed by atoms with Gasteiger partial charge >= 0.3 is 0 Å². The number of nitrogens with zero attached hydrogens (tertiary/aromatic N) is 1. The van der Waals surface area contributed by atoms with Crippen LogP contribution in [-0.4, -0.2) is 47.5 Å². The summed E-state index contributed by atoms with van der Waals surface area (Å²) < 4.78 is 0. The van der Waals surface area contributed by atoms with E-state index < -0.39 is 0 Å². The number of pyridine rings is 1. The first-order chi connectivity index (χ1) is 9.75. The van der Waals surface area contributed by atoms with Crippen LogP contribution < -0.4 is 10.6 Å². The van der Waals surface area contributed by atoms with Gasteiger partial charge in [0.15, 0.2) is 0 Å². The Morgan fingerprint density at radius 2 is 2.40 bits per heavy atom. The van der Waals surface area contributed by atoms with E-state index in [-0.39, 0.29) is 17.9 Å². The van der Waals surface area contributed by atoms with Crippen LogP contribution in [0.2, 0.25) is 0 Å². The lowest BCUT2D eigenvalue weighted by Crippen LogP contribution is -2.34. The second-order valence-electron chi connectivity index (χ2n) is 4.91. The summed E-state index contributed by atoms with van der Waals surface area (Å²) >= 11 is 1.71. The van der Waals surface area contributed by atoms with Gasteiger partial charge in [0.2, 0.25) is 5.91 Å². The van der Waals surface area contributed by atoms with E-state index in [1.54, 1.807) is 18.0 Å². The summed E-state index contributed by atoms with van der Waals surface area (Å²) in [5.41, 5.74) is 1.04. The van der Waals surface area contributed by atoms with E-state index >= 15 is 0 Å². The van der Waals surface area contributed by atoms with Crippen molar-refractivity contribution in [2.45, 2.75) is 18.3 Å². The molecule has 0 aromatic carbocycles. The maximum Gasteiger partial charge on any atom is 0.220 e. The van der Waals surface area contributed by atoms with Crippen LogP contribution in [0.3, 0.4) is 0 Å². The Bertz CT molecular complexity index is 416. The molecule has 1 amide bonds. The molecule has 2 atom stereocenters. The van der Waals surface area contributed by atoms with Crippen molar-refractivity contribution < 1.29 is 9.90 Å². The number of aromatic nitrogens is 1. The van der Waals surface area contributed by atoms with Crippen molar-refractivity contribution in [3.63, 3.8) is 0 Å². The van der Waals surface area contributed by atoms with E-state index in [0.29, 0.717) is 19.5 Å². The van der Waals surface area contributed by atoms with Crippen molar-refractivity contribution in [2.75, 3.05) is 25.4 Å². The number of amides is 1. The van der Waals surface area contributed by atoms with Gasteiger partial charge in [0.25, 0.3) is 0 Å². The molecule has 1 aromatic heterocycles. The van der Waals surface area contributed by atoms with Crippen molar-refractivity contribution in [3.8, 4) is 0 Å². The third-order valence-corrected chi connectivity index (χ3v) is 4.31. The Morgan fingerprint density at radius 3 is 3.10 bits per heavy atom. The monoisotopic (exact) mass is 295 g/mol. The lowest BCUT2D eigenvalue weighted by molar-refractivity contribution is -0.120. The fourth-order valence-corrected chi connectivity index (χ4v) is 2.94. The van der Waals surface area contributed by atoms with Crippen LogP contribution in [0.25, 0.3) is 0 Å². The molecule has 1 fully saturated rings. The van der Waals surface area contributed by atoms with Gasteiger partial charge in [-0.25, -0.2) is 0 Å². The first-order valence-electron chi connectivity index (χ1n) is 6.89. The fourth-order valence-electron chi connectivity index (χ4n) is 2.09. The molecule has 110 valence electrons. The highest BCUT2D eigenvalue weighted by molar-refractivity contribution is 7.98.